The number of hydrogen-bond acceptors (Lipinski definition) is 4. The molecular weight excluding hydrogens is 246 g/mol. The van der Waals surface area contributed by atoms with E-state index >= 15 is 0 Å². The molecule has 104 valence electrons. The van der Waals surface area contributed by atoms with E-state index in [1.54, 1.807) is 40.0 Å². The minimum atomic E-state index is -0.892. The van der Waals surface area contributed by atoms with Crippen LogP contribution in [0.25, 0.3) is 0 Å². The van der Waals surface area contributed by atoms with Crippen LogP contribution in [0.4, 0.5) is 10.5 Å². The molecule has 1 aromatic carbocycles. The Morgan fingerprint density at radius 3 is 2.68 bits per heavy atom. The van der Waals surface area contributed by atoms with Crippen LogP contribution >= 0.6 is 0 Å². The molecule has 0 bridgehead atoms. The number of fused-ring (bicyclic) bond motifs is 1. The number of aliphatic hydroxyl groups excluding tert-OH is 1. The minimum absolute atomic E-state index is 0.381. The summed E-state index contributed by atoms with van der Waals surface area (Å²) >= 11 is 0. The molecule has 1 aliphatic heterocycles. The minimum Gasteiger partial charge on any atom is -0.497 e. The number of aliphatic hydroxyl groups is 1. The fourth-order valence-electron chi connectivity index (χ4n) is 2.07. The molecular formula is C14H19NO4. The van der Waals surface area contributed by atoms with Gasteiger partial charge in [-0.1, -0.05) is 0 Å². The van der Waals surface area contributed by atoms with Gasteiger partial charge in [-0.2, -0.15) is 0 Å². The number of ether oxygens (including phenoxy) is 2. The second kappa shape index (κ2) is 4.74. The second-order valence-electron chi connectivity index (χ2n) is 5.53. The molecule has 1 amide bonds. The van der Waals surface area contributed by atoms with E-state index in [4.69, 9.17) is 9.47 Å². The standard InChI is InChI=1S/C14H19NO4/c1-14(2,3)19-13(17)15-11-6-5-10(18-4)7-9(11)8-12(15)16/h5-7,12,16H,8H2,1-4H3. The van der Waals surface area contributed by atoms with Crippen LogP contribution in [0.2, 0.25) is 0 Å². The average Bonchev–Trinajstić information content (AvgIpc) is 2.61. The van der Waals surface area contributed by atoms with E-state index in [1.807, 2.05) is 6.07 Å². The second-order valence-corrected chi connectivity index (χ2v) is 5.53. The SMILES string of the molecule is COc1ccc2c(c1)CC(O)N2C(=O)OC(C)(C)C. The lowest BCUT2D eigenvalue weighted by Crippen LogP contribution is -2.41. The summed E-state index contributed by atoms with van der Waals surface area (Å²) in [5.74, 6) is 0.706. The van der Waals surface area contributed by atoms with Crippen LogP contribution in [0.15, 0.2) is 18.2 Å². The number of amides is 1. The van der Waals surface area contributed by atoms with Crippen molar-refractivity contribution in [2.24, 2.45) is 0 Å². The van der Waals surface area contributed by atoms with E-state index in [0.29, 0.717) is 17.9 Å². The fourth-order valence-corrected chi connectivity index (χ4v) is 2.07. The van der Waals surface area contributed by atoms with E-state index in [9.17, 15) is 9.90 Å². The molecule has 0 aromatic heterocycles. The molecule has 1 aromatic rings. The maximum Gasteiger partial charge on any atom is 0.416 e. The van der Waals surface area contributed by atoms with Crippen molar-refractivity contribution < 1.29 is 19.4 Å². The van der Waals surface area contributed by atoms with Crippen LogP contribution in [-0.4, -0.2) is 30.1 Å². The van der Waals surface area contributed by atoms with Crippen LogP contribution in [0, 0.1) is 0 Å². The lowest BCUT2D eigenvalue weighted by molar-refractivity contribution is 0.0490. The van der Waals surface area contributed by atoms with Crippen molar-refractivity contribution in [3.8, 4) is 5.75 Å². The highest BCUT2D eigenvalue weighted by molar-refractivity contribution is 5.91. The van der Waals surface area contributed by atoms with Crippen molar-refractivity contribution in [2.75, 3.05) is 12.0 Å². The summed E-state index contributed by atoms with van der Waals surface area (Å²) in [6.45, 7) is 5.38. The van der Waals surface area contributed by atoms with E-state index in [-0.39, 0.29) is 0 Å². The van der Waals surface area contributed by atoms with Crippen LogP contribution < -0.4 is 9.64 Å². The first-order valence-electron chi connectivity index (χ1n) is 6.19. The lowest BCUT2D eigenvalue weighted by Gasteiger charge is -2.26. The highest BCUT2D eigenvalue weighted by atomic mass is 16.6. The molecule has 1 unspecified atom stereocenters. The van der Waals surface area contributed by atoms with Gasteiger partial charge in [-0.25, -0.2) is 4.79 Å². The Morgan fingerprint density at radius 2 is 2.11 bits per heavy atom. The zero-order chi connectivity index (χ0) is 14.2. The van der Waals surface area contributed by atoms with Gasteiger partial charge in [-0.3, -0.25) is 4.90 Å². The number of rotatable bonds is 1. The maximum atomic E-state index is 12.1. The third kappa shape index (κ3) is 2.81. The number of anilines is 1. The van der Waals surface area contributed by atoms with Gasteiger partial charge in [0.05, 0.1) is 12.8 Å². The zero-order valence-corrected chi connectivity index (χ0v) is 11.6. The van der Waals surface area contributed by atoms with Gasteiger partial charge in [0.25, 0.3) is 0 Å². The van der Waals surface area contributed by atoms with E-state index in [2.05, 4.69) is 0 Å². The largest absolute Gasteiger partial charge is 0.497 e. The van der Waals surface area contributed by atoms with Gasteiger partial charge in [-0.15, -0.1) is 0 Å². The molecule has 1 atom stereocenters. The monoisotopic (exact) mass is 265 g/mol. The summed E-state index contributed by atoms with van der Waals surface area (Å²) in [4.78, 5) is 13.4. The highest BCUT2D eigenvalue weighted by Crippen LogP contribution is 2.34. The van der Waals surface area contributed by atoms with Gasteiger partial charge in [0.1, 0.15) is 17.6 Å². The molecule has 1 aliphatic rings. The first-order chi connectivity index (χ1) is 8.81. The summed E-state index contributed by atoms with van der Waals surface area (Å²) in [6.07, 6.45) is -1.05. The molecule has 5 nitrogen and oxygen atoms in total. The van der Waals surface area contributed by atoms with Crippen molar-refractivity contribution >= 4 is 11.8 Å². The molecule has 0 radical (unpaired) electrons. The van der Waals surface area contributed by atoms with Crippen molar-refractivity contribution in [3.63, 3.8) is 0 Å². The Kier molecular flexibility index (Phi) is 3.41. The zero-order valence-electron chi connectivity index (χ0n) is 11.6. The predicted molar refractivity (Wildman–Crippen MR) is 71.4 cm³/mol. The van der Waals surface area contributed by atoms with Gasteiger partial charge in [0.2, 0.25) is 0 Å². The Hall–Kier alpha value is -1.75. The summed E-state index contributed by atoms with van der Waals surface area (Å²) in [5.41, 5.74) is 0.951. The summed E-state index contributed by atoms with van der Waals surface area (Å²) < 4.78 is 10.4. The van der Waals surface area contributed by atoms with Crippen LogP contribution in [0.5, 0.6) is 5.75 Å². The predicted octanol–water partition coefficient (Wildman–Crippen LogP) is 2.31. The van der Waals surface area contributed by atoms with E-state index in [1.165, 1.54) is 4.90 Å². The van der Waals surface area contributed by atoms with Gasteiger partial charge in [-0.05, 0) is 44.5 Å². The molecule has 1 N–H and O–H groups in total. The third-order valence-corrected chi connectivity index (χ3v) is 2.84. The number of hydrogen-bond donors (Lipinski definition) is 1. The van der Waals surface area contributed by atoms with Crippen molar-refractivity contribution in [1.82, 2.24) is 0 Å². The molecule has 19 heavy (non-hydrogen) atoms. The molecule has 0 saturated carbocycles. The smallest absolute Gasteiger partial charge is 0.416 e. The Balaban J connectivity index is 2.27. The van der Waals surface area contributed by atoms with Crippen molar-refractivity contribution in [2.45, 2.75) is 39.0 Å². The first kappa shape index (κ1) is 13.7. The molecule has 1 heterocycles. The molecule has 2 rings (SSSR count). The summed E-state index contributed by atoms with van der Waals surface area (Å²) in [6, 6.07) is 5.34. The summed E-state index contributed by atoms with van der Waals surface area (Å²) in [5, 5.41) is 10.0. The number of carbonyl (C=O) groups excluding carboxylic acids is 1. The fraction of sp³-hybridized carbons (Fsp3) is 0.500. The molecule has 0 spiro atoms. The number of carbonyl (C=O) groups is 1. The van der Waals surface area contributed by atoms with E-state index in [0.717, 1.165) is 5.56 Å². The quantitative estimate of drug-likeness (QED) is 0.846. The number of benzene rings is 1. The Labute approximate surface area is 112 Å². The van der Waals surface area contributed by atoms with Crippen LogP contribution in [0.1, 0.15) is 26.3 Å². The molecule has 0 saturated heterocycles. The average molecular weight is 265 g/mol. The number of methoxy groups -OCH3 is 1. The van der Waals surface area contributed by atoms with Crippen LogP contribution in [0.3, 0.4) is 0 Å². The summed E-state index contributed by atoms with van der Waals surface area (Å²) in [7, 11) is 1.58. The van der Waals surface area contributed by atoms with Gasteiger partial charge in [0, 0.05) is 6.42 Å². The van der Waals surface area contributed by atoms with Crippen LogP contribution in [-0.2, 0) is 11.2 Å². The number of nitrogens with zero attached hydrogens (tertiary/aromatic N) is 1. The maximum absolute atomic E-state index is 12.1. The topological polar surface area (TPSA) is 59.0 Å². The third-order valence-electron chi connectivity index (χ3n) is 2.84. The molecule has 0 aliphatic carbocycles. The Bertz CT molecular complexity index is 493. The highest BCUT2D eigenvalue weighted by Gasteiger charge is 2.35. The first-order valence-corrected chi connectivity index (χ1v) is 6.19. The van der Waals surface area contributed by atoms with Crippen molar-refractivity contribution in [1.29, 1.82) is 0 Å². The van der Waals surface area contributed by atoms with Gasteiger partial charge >= 0.3 is 6.09 Å². The molecule has 5 heteroatoms. The Morgan fingerprint density at radius 1 is 1.42 bits per heavy atom. The van der Waals surface area contributed by atoms with Crippen molar-refractivity contribution in [3.05, 3.63) is 23.8 Å². The lowest BCUT2D eigenvalue weighted by atomic mass is 10.1. The normalized spacial score (nSPS) is 18.2. The van der Waals surface area contributed by atoms with E-state index < -0.39 is 17.9 Å². The molecule has 0 fully saturated rings. The van der Waals surface area contributed by atoms with Gasteiger partial charge in [0.15, 0.2) is 0 Å². The van der Waals surface area contributed by atoms with Gasteiger partial charge < -0.3 is 14.6 Å².